The van der Waals surface area contributed by atoms with Gasteiger partial charge in [0.05, 0.1) is 35.1 Å². The molecule has 0 fully saturated rings. The second-order valence-corrected chi connectivity index (χ2v) is 10.4. The van der Waals surface area contributed by atoms with Crippen LogP contribution in [0.25, 0.3) is 11.8 Å². The number of benzene rings is 3. The van der Waals surface area contributed by atoms with Crippen molar-refractivity contribution in [2.24, 2.45) is 0 Å². The number of phenols is 3. The minimum Gasteiger partial charge on any atom is -0.508 e. The van der Waals surface area contributed by atoms with Crippen LogP contribution in [0.2, 0.25) is 0 Å². The third kappa shape index (κ3) is 3.14. The number of para-hydroxylation sites is 1. The van der Waals surface area contributed by atoms with E-state index in [-0.39, 0.29) is 50.8 Å². The number of ether oxygens (including phenoxy) is 1. The fourth-order valence-corrected chi connectivity index (χ4v) is 6.23. The van der Waals surface area contributed by atoms with E-state index in [1.165, 1.54) is 19.0 Å². The highest BCUT2D eigenvalue weighted by atomic mass is 16.5. The summed E-state index contributed by atoms with van der Waals surface area (Å²) in [6.07, 6.45) is 2.18. The maximum Gasteiger partial charge on any atom is 0.281 e. The SMILES string of the molecule is COC1=C2CCc3cc4c(c(O)c3=C2C(=O)C2=C1C(=O)c1c(cc(O)c(C)c1O)C2=O)C(=O)N(c1ccccc1)NC=4. The molecule has 1 amide bonds. The molecule has 0 unspecified atom stereocenters. The Balaban J connectivity index is 1.50. The molecule has 3 aromatic carbocycles. The molecule has 10 nitrogen and oxygen atoms in total. The molecule has 0 atom stereocenters. The third-order valence-electron chi connectivity index (χ3n) is 8.25. The number of allylic oxidation sites excluding steroid dienone is 3. The van der Waals surface area contributed by atoms with Crippen LogP contribution >= 0.6 is 0 Å². The second-order valence-electron chi connectivity index (χ2n) is 10.4. The Bertz CT molecular complexity index is 2050. The number of hydrogen-bond donors (Lipinski definition) is 4. The number of nitrogens with zero attached hydrogens (tertiary/aromatic N) is 1. The summed E-state index contributed by atoms with van der Waals surface area (Å²) in [6.45, 7) is 1.40. The van der Waals surface area contributed by atoms with Crippen molar-refractivity contribution in [2.45, 2.75) is 19.8 Å². The molecule has 0 radical (unpaired) electrons. The number of carbonyl (C=O) groups is 4. The first-order valence-electron chi connectivity index (χ1n) is 13.1. The molecular formula is C32H22N2O8. The molecule has 3 aliphatic carbocycles. The van der Waals surface area contributed by atoms with Crippen molar-refractivity contribution in [3.8, 4) is 17.2 Å². The normalized spacial score (nSPS) is 17.2. The van der Waals surface area contributed by atoms with E-state index in [2.05, 4.69) is 5.43 Å². The standard InChI is InChI=1S/C32H22N2O8/c1-13-19(35)11-18-23(26(13)36)30(40)25-24(27(18)37)29(39)22-17(31(25)42-2)9-8-14-10-15-12-33-34(16-6-4-3-5-7-16)32(41)21(15)28(38)20(14)22/h3-7,10-12,33,35-36,38H,8-9H2,1-2H3. The second kappa shape index (κ2) is 8.68. The zero-order valence-corrected chi connectivity index (χ0v) is 22.4. The monoisotopic (exact) mass is 562 g/mol. The van der Waals surface area contributed by atoms with Crippen molar-refractivity contribution < 1.29 is 39.2 Å². The van der Waals surface area contributed by atoms with Crippen LogP contribution in [0.3, 0.4) is 0 Å². The highest BCUT2D eigenvalue weighted by Crippen LogP contribution is 2.46. The van der Waals surface area contributed by atoms with Gasteiger partial charge in [-0.25, -0.2) is 5.01 Å². The van der Waals surface area contributed by atoms with Crippen LogP contribution < -0.4 is 20.9 Å². The fourth-order valence-electron chi connectivity index (χ4n) is 6.23. The lowest BCUT2D eigenvalue weighted by Crippen LogP contribution is -2.48. The smallest absolute Gasteiger partial charge is 0.281 e. The number of phenolic OH excluding ortho intramolecular Hbond substituents is 3. The van der Waals surface area contributed by atoms with Gasteiger partial charge in [0.25, 0.3) is 5.91 Å². The van der Waals surface area contributed by atoms with Gasteiger partial charge in [-0.3, -0.25) is 24.6 Å². The average molecular weight is 563 g/mol. The van der Waals surface area contributed by atoms with Crippen molar-refractivity contribution in [1.29, 1.82) is 0 Å². The van der Waals surface area contributed by atoms with Crippen LogP contribution in [0, 0.1) is 6.92 Å². The molecule has 0 saturated carbocycles. The Morgan fingerprint density at radius 2 is 1.57 bits per heavy atom. The number of nitrogens with one attached hydrogen (secondary N) is 1. The summed E-state index contributed by atoms with van der Waals surface area (Å²) in [5.41, 5.74) is 2.94. The van der Waals surface area contributed by atoms with Crippen molar-refractivity contribution in [1.82, 2.24) is 5.43 Å². The zero-order chi connectivity index (χ0) is 29.6. The summed E-state index contributed by atoms with van der Waals surface area (Å²) in [4.78, 5) is 55.3. The number of amides is 1. The number of hydrazine groups is 1. The molecule has 42 heavy (non-hydrogen) atoms. The first-order valence-corrected chi connectivity index (χ1v) is 13.1. The van der Waals surface area contributed by atoms with Crippen LogP contribution in [0.1, 0.15) is 48.6 Å². The number of Topliss-reactive ketones (excluding diaryl/α,β-unsaturated/α-hetero) is 3. The summed E-state index contributed by atoms with van der Waals surface area (Å²) < 4.78 is 5.64. The summed E-state index contributed by atoms with van der Waals surface area (Å²) in [5, 5.41) is 34.4. The maximum absolute atomic E-state index is 14.2. The summed E-state index contributed by atoms with van der Waals surface area (Å²) in [7, 11) is 1.31. The topological polar surface area (TPSA) is 153 Å². The fraction of sp³-hybridized carbons (Fsp3) is 0.125. The largest absolute Gasteiger partial charge is 0.508 e. The van der Waals surface area contributed by atoms with E-state index in [4.69, 9.17) is 4.74 Å². The zero-order valence-electron chi connectivity index (χ0n) is 22.4. The number of hydrogen-bond acceptors (Lipinski definition) is 9. The number of aromatic hydroxyl groups is 3. The molecule has 208 valence electrons. The molecular weight excluding hydrogens is 540 g/mol. The molecule has 10 heteroatoms. The number of methoxy groups -OCH3 is 1. The first-order chi connectivity index (χ1) is 20.1. The molecule has 4 aliphatic rings. The summed E-state index contributed by atoms with van der Waals surface area (Å²) in [5.74, 6) is -4.42. The predicted octanol–water partition coefficient (Wildman–Crippen LogP) is 1.97. The highest BCUT2D eigenvalue weighted by Gasteiger charge is 2.47. The number of rotatable bonds is 2. The lowest BCUT2D eigenvalue weighted by molar-refractivity contribution is -0.110. The van der Waals surface area contributed by atoms with E-state index in [9.17, 15) is 34.5 Å². The van der Waals surface area contributed by atoms with E-state index in [1.54, 1.807) is 42.6 Å². The van der Waals surface area contributed by atoms with Gasteiger partial charge in [0.2, 0.25) is 5.78 Å². The number of aryl methyl sites for hydroxylation is 1. The van der Waals surface area contributed by atoms with Gasteiger partial charge in [0.15, 0.2) is 11.6 Å². The van der Waals surface area contributed by atoms with Gasteiger partial charge in [-0.05, 0) is 49.6 Å². The summed E-state index contributed by atoms with van der Waals surface area (Å²) in [6, 6.07) is 11.5. The number of fused-ring (bicyclic) bond motifs is 4. The van der Waals surface area contributed by atoms with Gasteiger partial charge in [-0.1, -0.05) is 18.2 Å². The van der Waals surface area contributed by atoms with Crippen LogP contribution in [0.15, 0.2) is 64.9 Å². The molecule has 0 spiro atoms. The Morgan fingerprint density at radius 1 is 0.833 bits per heavy atom. The van der Waals surface area contributed by atoms with Crippen LogP contribution in [-0.4, -0.2) is 45.7 Å². The highest BCUT2D eigenvalue weighted by molar-refractivity contribution is 6.48. The lowest BCUT2D eigenvalue weighted by atomic mass is 9.71. The number of carbonyl (C=O) groups excluding carboxylic acids is 4. The molecule has 7 rings (SSSR count). The molecule has 1 aliphatic heterocycles. The molecule has 3 aromatic rings. The van der Waals surface area contributed by atoms with Crippen molar-refractivity contribution in [2.75, 3.05) is 12.1 Å². The van der Waals surface area contributed by atoms with E-state index in [0.29, 0.717) is 28.5 Å². The van der Waals surface area contributed by atoms with Gasteiger partial charge >= 0.3 is 0 Å². The van der Waals surface area contributed by atoms with Crippen molar-refractivity contribution >= 4 is 40.7 Å². The lowest BCUT2D eigenvalue weighted by Gasteiger charge is -2.32. The summed E-state index contributed by atoms with van der Waals surface area (Å²) >= 11 is 0. The predicted molar refractivity (Wildman–Crippen MR) is 149 cm³/mol. The van der Waals surface area contributed by atoms with Crippen molar-refractivity contribution in [3.63, 3.8) is 0 Å². The van der Waals surface area contributed by atoms with Crippen LogP contribution in [0.4, 0.5) is 5.69 Å². The minimum absolute atomic E-state index is 0.0121. The molecule has 0 saturated heterocycles. The van der Waals surface area contributed by atoms with Gasteiger partial charge in [0.1, 0.15) is 23.0 Å². The third-order valence-corrected chi connectivity index (χ3v) is 8.25. The van der Waals surface area contributed by atoms with E-state index in [1.807, 2.05) is 0 Å². The van der Waals surface area contributed by atoms with Crippen LogP contribution in [-0.2, 0) is 16.0 Å². The quantitative estimate of drug-likeness (QED) is 0.343. The minimum atomic E-state index is -0.871. The number of ketones is 3. The van der Waals surface area contributed by atoms with E-state index < -0.39 is 46.1 Å². The van der Waals surface area contributed by atoms with E-state index >= 15 is 0 Å². The van der Waals surface area contributed by atoms with Crippen LogP contribution in [0.5, 0.6) is 17.2 Å². The van der Waals surface area contributed by atoms with Crippen molar-refractivity contribution in [3.05, 3.63) is 103 Å². The Kier molecular flexibility index (Phi) is 5.23. The molecule has 0 aromatic heterocycles. The number of anilines is 1. The van der Waals surface area contributed by atoms with Gasteiger partial charge < -0.3 is 20.1 Å². The van der Waals surface area contributed by atoms with Gasteiger partial charge in [-0.2, -0.15) is 0 Å². The van der Waals surface area contributed by atoms with Gasteiger partial charge in [-0.15, -0.1) is 0 Å². The Morgan fingerprint density at radius 3 is 2.29 bits per heavy atom. The Hall–Kier alpha value is -5.64. The first kappa shape index (κ1) is 25.3. The molecule has 1 heterocycles. The van der Waals surface area contributed by atoms with E-state index in [0.717, 1.165) is 6.07 Å². The molecule has 4 N–H and O–H groups in total. The Labute approximate surface area is 237 Å². The average Bonchev–Trinajstić information content (AvgIpc) is 2.98. The maximum atomic E-state index is 14.2. The molecule has 0 bridgehead atoms. The van der Waals surface area contributed by atoms with Gasteiger partial charge in [0, 0.05) is 38.9 Å².